The number of hydrogen-bond donors (Lipinski definition) is 1. The predicted molar refractivity (Wildman–Crippen MR) is 123 cm³/mol. The molecule has 4 rings (SSSR count). The van der Waals surface area contributed by atoms with E-state index in [1.165, 1.54) is 0 Å². The van der Waals surface area contributed by atoms with Crippen LogP contribution in [0.1, 0.15) is 62.9 Å². The number of furan rings is 1. The average Bonchev–Trinajstić information content (AvgIpc) is 3.41. The molecule has 8 heteroatoms. The second kappa shape index (κ2) is 8.70. The van der Waals surface area contributed by atoms with Crippen LogP contribution in [0.5, 0.6) is 0 Å². The highest BCUT2D eigenvalue weighted by Gasteiger charge is 2.30. The first-order chi connectivity index (χ1) is 15.3. The second-order valence-corrected chi connectivity index (χ2v) is 9.24. The number of nitrogens with zero attached hydrogens (tertiary/aromatic N) is 5. The molecule has 3 aromatic heterocycles. The topological polar surface area (TPSA) is 92.8 Å². The number of aromatic nitrogens is 5. The summed E-state index contributed by atoms with van der Waals surface area (Å²) in [6.07, 6.45) is 2.45. The van der Waals surface area contributed by atoms with Gasteiger partial charge in [-0.2, -0.15) is 0 Å². The van der Waals surface area contributed by atoms with Gasteiger partial charge in [0.05, 0.1) is 24.4 Å². The number of fused-ring (bicyclic) bond motifs is 1. The van der Waals surface area contributed by atoms with E-state index in [0.717, 1.165) is 34.5 Å². The van der Waals surface area contributed by atoms with Crippen molar-refractivity contribution in [3.8, 4) is 0 Å². The van der Waals surface area contributed by atoms with Crippen LogP contribution in [0, 0.1) is 6.92 Å². The number of H-pyrrole nitrogens is 1. The van der Waals surface area contributed by atoms with E-state index in [-0.39, 0.29) is 17.1 Å². The van der Waals surface area contributed by atoms with Gasteiger partial charge in [0.25, 0.3) is 5.56 Å². The van der Waals surface area contributed by atoms with Gasteiger partial charge in [-0.25, -0.2) is 4.68 Å². The van der Waals surface area contributed by atoms with Crippen molar-refractivity contribution in [2.75, 3.05) is 0 Å². The van der Waals surface area contributed by atoms with Crippen LogP contribution in [0.2, 0.25) is 0 Å². The molecule has 1 unspecified atom stereocenters. The van der Waals surface area contributed by atoms with Gasteiger partial charge in [-0.3, -0.25) is 9.69 Å². The van der Waals surface area contributed by atoms with Gasteiger partial charge in [-0.05, 0) is 79.8 Å². The van der Waals surface area contributed by atoms with E-state index < -0.39 is 0 Å². The van der Waals surface area contributed by atoms with E-state index in [9.17, 15) is 4.79 Å². The molecule has 4 aromatic rings. The number of pyridine rings is 1. The summed E-state index contributed by atoms with van der Waals surface area (Å²) in [5.41, 5.74) is 2.31. The highest BCUT2D eigenvalue weighted by molar-refractivity contribution is 5.79. The summed E-state index contributed by atoms with van der Waals surface area (Å²) in [5, 5.41) is 13.6. The monoisotopic (exact) mass is 434 g/mol. The molecule has 0 radical (unpaired) electrons. The van der Waals surface area contributed by atoms with Crippen molar-refractivity contribution in [1.29, 1.82) is 0 Å². The molecule has 0 spiro atoms. The zero-order valence-corrected chi connectivity index (χ0v) is 19.3. The van der Waals surface area contributed by atoms with Gasteiger partial charge in [0.2, 0.25) is 0 Å². The Labute approximate surface area is 187 Å². The largest absolute Gasteiger partial charge is 0.468 e. The summed E-state index contributed by atoms with van der Waals surface area (Å²) in [5.74, 6) is 1.60. The number of hydrogen-bond acceptors (Lipinski definition) is 6. The van der Waals surface area contributed by atoms with E-state index in [1.54, 1.807) is 6.26 Å². The third-order valence-electron chi connectivity index (χ3n) is 5.65. The van der Waals surface area contributed by atoms with E-state index in [2.05, 4.69) is 59.2 Å². The molecular formula is C24H30N6O2. The van der Waals surface area contributed by atoms with Crippen LogP contribution < -0.4 is 5.56 Å². The Hall–Kier alpha value is -3.26. The zero-order chi connectivity index (χ0) is 22.9. The van der Waals surface area contributed by atoms with E-state index in [4.69, 9.17) is 4.42 Å². The van der Waals surface area contributed by atoms with Crippen LogP contribution in [0.4, 0.5) is 0 Å². The van der Waals surface area contributed by atoms with Gasteiger partial charge in [-0.15, -0.1) is 5.10 Å². The Balaban J connectivity index is 1.75. The van der Waals surface area contributed by atoms with Crippen molar-refractivity contribution in [3.63, 3.8) is 0 Å². The van der Waals surface area contributed by atoms with E-state index >= 15 is 0 Å². The van der Waals surface area contributed by atoms with Crippen molar-refractivity contribution in [2.24, 2.45) is 0 Å². The lowest BCUT2D eigenvalue weighted by Crippen LogP contribution is -2.35. The van der Waals surface area contributed by atoms with E-state index in [0.29, 0.717) is 18.7 Å². The molecule has 8 nitrogen and oxygen atoms in total. The first kappa shape index (κ1) is 22.0. The molecule has 0 saturated heterocycles. The Morgan fingerprint density at radius 2 is 2.00 bits per heavy atom. The summed E-state index contributed by atoms with van der Waals surface area (Å²) >= 11 is 0. The Morgan fingerprint density at radius 3 is 2.69 bits per heavy atom. The normalized spacial score (nSPS) is 13.2. The molecule has 0 amide bonds. The lowest BCUT2D eigenvalue weighted by molar-refractivity contribution is 0.142. The molecule has 0 aliphatic carbocycles. The van der Waals surface area contributed by atoms with E-state index in [1.807, 2.05) is 41.9 Å². The van der Waals surface area contributed by atoms with Crippen molar-refractivity contribution < 1.29 is 4.42 Å². The minimum absolute atomic E-state index is 0.0854. The maximum atomic E-state index is 13.0. The fourth-order valence-corrected chi connectivity index (χ4v) is 4.06. The third-order valence-corrected chi connectivity index (χ3v) is 5.65. The first-order valence-electron chi connectivity index (χ1n) is 10.9. The molecule has 1 N–H and O–H groups in total. The molecule has 0 bridgehead atoms. The van der Waals surface area contributed by atoms with Crippen molar-refractivity contribution in [2.45, 2.75) is 65.7 Å². The van der Waals surface area contributed by atoms with Gasteiger partial charge < -0.3 is 9.40 Å². The smallest absolute Gasteiger partial charge is 0.252 e. The van der Waals surface area contributed by atoms with Gasteiger partial charge in [0.1, 0.15) is 5.76 Å². The summed E-state index contributed by atoms with van der Waals surface area (Å²) < 4.78 is 7.50. The number of benzene rings is 1. The third kappa shape index (κ3) is 4.50. The average molecular weight is 435 g/mol. The predicted octanol–water partition coefficient (Wildman–Crippen LogP) is 4.32. The van der Waals surface area contributed by atoms with Gasteiger partial charge in [-0.1, -0.05) is 19.1 Å². The fourth-order valence-electron chi connectivity index (χ4n) is 4.06. The minimum Gasteiger partial charge on any atom is -0.468 e. The zero-order valence-electron chi connectivity index (χ0n) is 19.3. The maximum absolute atomic E-state index is 13.0. The highest BCUT2D eigenvalue weighted by atomic mass is 16.3. The molecule has 168 valence electrons. The lowest BCUT2D eigenvalue weighted by atomic mass is 10.1. The molecular weight excluding hydrogens is 404 g/mol. The summed E-state index contributed by atoms with van der Waals surface area (Å²) in [6.45, 7) is 11.3. The Kier molecular flexibility index (Phi) is 5.97. The molecule has 1 atom stereocenters. The number of tetrazole rings is 1. The van der Waals surface area contributed by atoms with Crippen LogP contribution in [-0.4, -0.2) is 30.1 Å². The van der Waals surface area contributed by atoms with Crippen molar-refractivity contribution in [1.82, 2.24) is 30.1 Å². The van der Waals surface area contributed by atoms with Crippen molar-refractivity contribution in [3.05, 3.63) is 75.7 Å². The quantitative estimate of drug-likeness (QED) is 0.466. The SMILES string of the molecule is CCC(c1nnnn1C(C)(C)C)N(Cc1ccco1)Cc1cc2ccc(C)cc2[nH]c1=O. The number of rotatable bonds is 7. The van der Waals surface area contributed by atoms with Crippen LogP contribution in [0.3, 0.4) is 0 Å². The van der Waals surface area contributed by atoms with Crippen LogP contribution >= 0.6 is 0 Å². The standard InChI is InChI=1S/C24H30N6O2/c1-6-21(22-26-27-28-30(22)24(3,4)5)29(15-19-8-7-11-32-19)14-18-13-17-10-9-16(2)12-20(17)25-23(18)31/h7-13,21H,6,14-15H2,1-5H3,(H,25,31). The summed E-state index contributed by atoms with van der Waals surface area (Å²) in [6, 6.07) is 11.8. The lowest BCUT2D eigenvalue weighted by Gasteiger charge is -2.31. The second-order valence-electron chi connectivity index (χ2n) is 9.24. The Morgan fingerprint density at radius 1 is 1.19 bits per heavy atom. The first-order valence-corrected chi connectivity index (χ1v) is 10.9. The van der Waals surface area contributed by atoms with Crippen molar-refractivity contribution >= 4 is 10.9 Å². The molecule has 0 aliphatic heterocycles. The summed E-state index contributed by atoms with van der Waals surface area (Å²) in [7, 11) is 0. The summed E-state index contributed by atoms with van der Waals surface area (Å²) in [4.78, 5) is 18.2. The van der Waals surface area contributed by atoms with Gasteiger partial charge in [0.15, 0.2) is 5.82 Å². The Bertz CT molecular complexity index is 1250. The van der Waals surface area contributed by atoms with Gasteiger partial charge >= 0.3 is 0 Å². The van der Waals surface area contributed by atoms with Gasteiger partial charge in [0, 0.05) is 17.6 Å². The number of nitrogens with one attached hydrogen (secondary N) is 1. The minimum atomic E-state index is -0.263. The molecule has 0 fully saturated rings. The highest BCUT2D eigenvalue weighted by Crippen LogP contribution is 2.29. The molecule has 0 aliphatic rings. The molecule has 32 heavy (non-hydrogen) atoms. The molecule has 0 saturated carbocycles. The molecule has 3 heterocycles. The van der Waals surface area contributed by atoms with Crippen LogP contribution in [0.15, 0.2) is 51.9 Å². The number of aryl methyl sites for hydroxylation is 1. The maximum Gasteiger partial charge on any atom is 0.252 e. The molecule has 1 aromatic carbocycles. The van der Waals surface area contributed by atoms with Crippen LogP contribution in [-0.2, 0) is 18.6 Å². The number of aromatic amines is 1. The van der Waals surface area contributed by atoms with Crippen LogP contribution in [0.25, 0.3) is 10.9 Å². The fraction of sp³-hybridized carbons (Fsp3) is 0.417.